The molecule has 2 aromatic carbocycles. The third-order valence-electron chi connectivity index (χ3n) is 3.67. The molecule has 1 fully saturated rings. The first kappa shape index (κ1) is 15.1. The van der Waals surface area contributed by atoms with E-state index < -0.39 is 0 Å². The summed E-state index contributed by atoms with van der Waals surface area (Å²) < 4.78 is 11.1. The van der Waals surface area contributed by atoms with Crippen LogP contribution < -0.4 is 4.74 Å². The molecule has 0 aliphatic carbocycles. The Morgan fingerprint density at radius 2 is 2.00 bits per heavy atom. The van der Waals surface area contributed by atoms with Crippen LogP contribution in [0.4, 0.5) is 0 Å². The molecule has 22 heavy (non-hydrogen) atoms. The van der Waals surface area contributed by atoms with E-state index in [0.29, 0.717) is 22.8 Å². The molecule has 0 saturated carbocycles. The van der Waals surface area contributed by atoms with Crippen LogP contribution in [0.15, 0.2) is 42.5 Å². The molecule has 0 radical (unpaired) electrons. The summed E-state index contributed by atoms with van der Waals surface area (Å²) in [5.41, 5.74) is 2.14. The van der Waals surface area contributed by atoms with Crippen molar-refractivity contribution < 1.29 is 14.3 Å². The number of hydrogen-bond acceptors (Lipinski definition) is 3. The number of benzene rings is 2. The van der Waals surface area contributed by atoms with Gasteiger partial charge in [0, 0.05) is 17.5 Å². The Kier molecular flexibility index (Phi) is 4.46. The van der Waals surface area contributed by atoms with Crippen LogP contribution in [0.2, 0.25) is 5.02 Å². The maximum atomic E-state index is 12.5. The lowest BCUT2D eigenvalue weighted by Gasteiger charge is -2.12. The highest BCUT2D eigenvalue weighted by atomic mass is 35.5. The minimum absolute atomic E-state index is 0.0792. The van der Waals surface area contributed by atoms with Crippen LogP contribution in [-0.2, 0) is 4.74 Å². The standard InChI is InChI=1S/C18H17ClO3/c1-12-2-7-17(19)16(10-12)18(20)13-3-5-14(6-4-13)22-15-8-9-21-11-15/h2-7,10,15H,8-9,11H2,1H3. The molecule has 0 amide bonds. The van der Waals surface area contributed by atoms with Gasteiger partial charge in [-0.25, -0.2) is 0 Å². The van der Waals surface area contributed by atoms with Gasteiger partial charge in [0.25, 0.3) is 0 Å². The molecular formula is C18H17ClO3. The largest absolute Gasteiger partial charge is 0.488 e. The third kappa shape index (κ3) is 3.32. The molecule has 3 rings (SSSR count). The second-order valence-electron chi connectivity index (χ2n) is 5.44. The highest BCUT2D eigenvalue weighted by Gasteiger charge is 2.18. The predicted octanol–water partition coefficient (Wildman–Crippen LogP) is 4.05. The number of aryl methyl sites for hydroxylation is 1. The minimum Gasteiger partial charge on any atom is -0.488 e. The van der Waals surface area contributed by atoms with E-state index in [1.54, 1.807) is 18.2 Å². The predicted molar refractivity (Wildman–Crippen MR) is 85.9 cm³/mol. The van der Waals surface area contributed by atoms with E-state index in [-0.39, 0.29) is 11.9 Å². The van der Waals surface area contributed by atoms with Crippen LogP contribution in [-0.4, -0.2) is 25.1 Å². The molecular weight excluding hydrogens is 300 g/mol. The quantitative estimate of drug-likeness (QED) is 0.798. The molecule has 3 nitrogen and oxygen atoms in total. The molecule has 1 unspecified atom stereocenters. The van der Waals surface area contributed by atoms with E-state index in [4.69, 9.17) is 21.1 Å². The van der Waals surface area contributed by atoms with Crippen molar-refractivity contribution in [1.29, 1.82) is 0 Å². The summed E-state index contributed by atoms with van der Waals surface area (Å²) in [4.78, 5) is 12.5. The van der Waals surface area contributed by atoms with Crippen molar-refractivity contribution in [3.05, 3.63) is 64.2 Å². The first-order valence-corrected chi connectivity index (χ1v) is 7.66. The Morgan fingerprint density at radius 1 is 1.23 bits per heavy atom. The van der Waals surface area contributed by atoms with Crippen LogP contribution in [0, 0.1) is 6.92 Å². The van der Waals surface area contributed by atoms with E-state index in [2.05, 4.69) is 0 Å². The van der Waals surface area contributed by atoms with Gasteiger partial charge in [-0.05, 0) is 43.3 Å². The van der Waals surface area contributed by atoms with Gasteiger partial charge in [0.2, 0.25) is 0 Å². The second kappa shape index (κ2) is 6.51. The molecule has 0 bridgehead atoms. The number of rotatable bonds is 4. The number of carbonyl (C=O) groups is 1. The lowest BCUT2D eigenvalue weighted by molar-refractivity contribution is 0.103. The molecule has 1 saturated heterocycles. The first-order valence-electron chi connectivity index (χ1n) is 7.29. The van der Waals surface area contributed by atoms with Crippen LogP contribution in [0.3, 0.4) is 0 Å². The molecule has 1 aliphatic heterocycles. The van der Waals surface area contributed by atoms with Crippen LogP contribution in [0.1, 0.15) is 27.9 Å². The van der Waals surface area contributed by atoms with Gasteiger partial charge in [-0.2, -0.15) is 0 Å². The lowest BCUT2D eigenvalue weighted by atomic mass is 10.0. The van der Waals surface area contributed by atoms with Gasteiger partial charge >= 0.3 is 0 Å². The van der Waals surface area contributed by atoms with E-state index >= 15 is 0 Å². The van der Waals surface area contributed by atoms with Crippen molar-refractivity contribution in [2.24, 2.45) is 0 Å². The van der Waals surface area contributed by atoms with Crippen molar-refractivity contribution in [2.75, 3.05) is 13.2 Å². The number of ether oxygens (including phenoxy) is 2. The Labute approximate surface area is 134 Å². The van der Waals surface area contributed by atoms with Crippen LogP contribution >= 0.6 is 11.6 Å². The highest BCUT2D eigenvalue weighted by molar-refractivity contribution is 6.35. The molecule has 0 N–H and O–H groups in total. The topological polar surface area (TPSA) is 35.5 Å². The van der Waals surface area contributed by atoms with E-state index in [9.17, 15) is 4.79 Å². The number of halogens is 1. The number of carbonyl (C=O) groups excluding carboxylic acids is 1. The van der Waals surface area contributed by atoms with Gasteiger partial charge in [0.15, 0.2) is 5.78 Å². The zero-order valence-electron chi connectivity index (χ0n) is 12.3. The second-order valence-corrected chi connectivity index (χ2v) is 5.85. The summed E-state index contributed by atoms with van der Waals surface area (Å²) in [7, 11) is 0. The number of hydrogen-bond donors (Lipinski definition) is 0. The SMILES string of the molecule is Cc1ccc(Cl)c(C(=O)c2ccc(OC3CCOC3)cc2)c1. The summed E-state index contributed by atoms with van der Waals surface area (Å²) in [6.07, 6.45) is 1.01. The van der Waals surface area contributed by atoms with Crippen molar-refractivity contribution in [2.45, 2.75) is 19.4 Å². The van der Waals surface area contributed by atoms with Gasteiger partial charge < -0.3 is 9.47 Å². The van der Waals surface area contributed by atoms with Gasteiger partial charge in [0.1, 0.15) is 11.9 Å². The first-order chi connectivity index (χ1) is 10.6. The molecule has 2 aromatic rings. The summed E-state index contributed by atoms with van der Waals surface area (Å²) in [5, 5.41) is 0.471. The normalized spacial score (nSPS) is 17.5. The fourth-order valence-corrected chi connectivity index (χ4v) is 2.66. The molecule has 114 valence electrons. The van der Waals surface area contributed by atoms with Gasteiger partial charge in [0.05, 0.1) is 18.2 Å². The molecule has 4 heteroatoms. The summed E-state index contributed by atoms with van der Waals surface area (Å²) >= 11 is 6.13. The third-order valence-corrected chi connectivity index (χ3v) is 4.00. The van der Waals surface area contributed by atoms with Gasteiger partial charge in [-0.3, -0.25) is 4.79 Å². The Morgan fingerprint density at radius 3 is 2.68 bits per heavy atom. The molecule has 0 aromatic heterocycles. The molecule has 1 aliphatic rings. The zero-order valence-corrected chi connectivity index (χ0v) is 13.1. The lowest BCUT2D eigenvalue weighted by Crippen LogP contribution is -2.15. The average Bonchev–Trinajstić information content (AvgIpc) is 3.03. The summed E-state index contributed by atoms with van der Waals surface area (Å²) in [6, 6.07) is 12.6. The van der Waals surface area contributed by atoms with Gasteiger partial charge in [-0.1, -0.05) is 23.2 Å². The summed E-state index contributed by atoms with van der Waals surface area (Å²) in [6.45, 7) is 3.31. The van der Waals surface area contributed by atoms with Crippen molar-refractivity contribution in [3.8, 4) is 5.75 Å². The Hall–Kier alpha value is -1.84. The monoisotopic (exact) mass is 316 g/mol. The molecule has 1 atom stereocenters. The summed E-state index contributed by atoms with van der Waals surface area (Å²) in [5.74, 6) is 0.673. The van der Waals surface area contributed by atoms with Crippen LogP contribution in [0.25, 0.3) is 0 Å². The van der Waals surface area contributed by atoms with Crippen LogP contribution in [0.5, 0.6) is 5.75 Å². The highest BCUT2D eigenvalue weighted by Crippen LogP contribution is 2.23. The smallest absolute Gasteiger partial charge is 0.194 e. The Balaban J connectivity index is 1.77. The van der Waals surface area contributed by atoms with E-state index in [1.165, 1.54) is 0 Å². The van der Waals surface area contributed by atoms with Gasteiger partial charge in [-0.15, -0.1) is 0 Å². The van der Waals surface area contributed by atoms with Crippen molar-refractivity contribution in [1.82, 2.24) is 0 Å². The fraction of sp³-hybridized carbons (Fsp3) is 0.278. The molecule has 0 spiro atoms. The minimum atomic E-state index is -0.0792. The number of ketones is 1. The maximum Gasteiger partial charge on any atom is 0.194 e. The van der Waals surface area contributed by atoms with E-state index in [1.807, 2.05) is 31.2 Å². The Bertz CT molecular complexity index is 673. The van der Waals surface area contributed by atoms with E-state index in [0.717, 1.165) is 24.3 Å². The maximum absolute atomic E-state index is 12.5. The molecule has 1 heterocycles. The van der Waals surface area contributed by atoms with Crippen molar-refractivity contribution >= 4 is 17.4 Å². The van der Waals surface area contributed by atoms with Crippen molar-refractivity contribution in [3.63, 3.8) is 0 Å². The fourth-order valence-electron chi connectivity index (χ4n) is 2.45. The zero-order chi connectivity index (χ0) is 15.5. The average molecular weight is 317 g/mol.